The van der Waals surface area contributed by atoms with Crippen LogP contribution in [0.2, 0.25) is 0 Å². The van der Waals surface area contributed by atoms with E-state index in [1.54, 1.807) is 11.8 Å². The van der Waals surface area contributed by atoms with E-state index in [0.29, 0.717) is 6.04 Å². The van der Waals surface area contributed by atoms with Crippen molar-refractivity contribution >= 4 is 27.7 Å². The summed E-state index contributed by atoms with van der Waals surface area (Å²) in [4.78, 5) is 1.23. The molecule has 2 unspecified atom stereocenters. The van der Waals surface area contributed by atoms with Crippen molar-refractivity contribution in [3.63, 3.8) is 0 Å². The second kappa shape index (κ2) is 7.41. The van der Waals surface area contributed by atoms with Crippen molar-refractivity contribution in [3.05, 3.63) is 28.2 Å². The van der Waals surface area contributed by atoms with Crippen molar-refractivity contribution in [1.82, 2.24) is 5.32 Å². The highest BCUT2D eigenvalue weighted by molar-refractivity contribution is 9.10. The molecular formula is C13H20BrNOS. The Bertz CT molecular complexity index is 359. The van der Waals surface area contributed by atoms with Crippen LogP contribution in [0.15, 0.2) is 27.6 Å². The fourth-order valence-corrected chi connectivity index (χ4v) is 3.23. The lowest BCUT2D eigenvalue weighted by Gasteiger charge is -2.19. The minimum atomic E-state index is 0.201. The molecule has 0 aromatic heterocycles. The number of hydrogen-bond donors (Lipinski definition) is 2. The van der Waals surface area contributed by atoms with Crippen molar-refractivity contribution in [2.24, 2.45) is 0 Å². The van der Waals surface area contributed by atoms with Crippen LogP contribution in [0.1, 0.15) is 32.4 Å². The molecule has 0 heterocycles. The van der Waals surface area contributed by atoms with Gasteiger partial charge in [-0.05, 0) is 31.2 Å². The third-order valence-corrected chi connectivity index (χ3v) is 4.19. The fourth-order valence-electron chi connectivity index (χ4n) is 1.64. The van der Waals surface area contributed by atoms with E-state index < -0.39 is 0 Å². The van der Waals surface area contributed by atoms with Gasteiger partial charge in [-0.2, -0.15) is 0 Å². The Morgan fingerprint density at radius 3 is 2.71 bits per heavy atom. The molecule has 96 valence electrons. The molecule has 0 radical (unpaired) electrons. The molecule has 17 heavy (non-hydrogen) atoms. The molecule has 1 rings (SSSR count). The first-order valence-corrected chi connectivity index (χ1v) is 7.56. The van der Waals surface area contributed by atoms with Gasteiger partial charge >= 0.3 is 0 Å². The number of benzene rings is 1. The highest BCUT2D eigenvalue weighted by atomic mass is 79.9. The summed E-state index contributed by atoms with van der Waals surface area (Å²) >= 11 is 5.22. The molecule has 2 atom stereocenters. The Kier molecular flexibility index (Phi) is 6.55. The van der Waals surface area contributed by atoms with E-state index in [1.807, 2.05) is 6.92 Å². The minimum absolute atomic E-state index is 0.201. The average molecular weight is 318 g/mol. The summed E-state index contributed by atoms with van der Waals surface area (Å²) in [6.45, 7) is 7.47. The van der Waals surface area contributed by atoms with Gasteiger partial charge in [0.1, 0.15) is 0 Å². The molecule has 1 aromatic carbocycles. The number of hydrogen-bond acceptors (Lipinski definition) is 3. The molecule has 1 aromatic rings. The zero-order valence-electron chi connectivity index (χ0n) is 10.5. The summed E-state index contributed by atoms with van der Waals surface area (Å²) in [5.74, 6) is 0. The molecule has 2 nitrogen and oxygen atoms in total. The summed E-state index contributed by atoms with van der Waals surface area (Å²) in [5, 5.41) is 12.8. The van der Waals surface area contributed by atoms with Crippen molar-refractivity contribution in [1.29, 1.82) is 0 Å². The Balaban J connectivity index is 2.94. The predicted octanol–water partition coefficient (Wildman–Crippen LogP) is 3.59. The monoisotopic (exact) mass is 317 g/mol. The topological polar surface area (TPSA) is 32.3 Å². The molecule has 0 fully saturated rings. The molecule has 0 saturated carbocycles. The lowest BCUT2D eigenvalue weighted by molar-refractivity contribution is 0.300. The van der Waals surface area contributed by atoms with Crippen LogP contribution in [-0.2, 0) is 0 Å². The maximum absolute atomic E-state index is 9.15. The van der Waals surface area contributed by atoms with E-state index in [4.69, 9.17) is 5.11 Å². The number of halogens is 1. The third-order valence-electron chi connectivity index (χ3n) is 2.54. The van der Waals surface area contributed by atoms with Crippen LogP contribution in [-0.4, -0.2) is 23.5 Å². The SMILES string of the molecule is CCNC(C)c1ccc(Br)cc1SC(C)CO. The second-order valence-corrected chi connectivity index (χ2v) is 6.47. The quantitative estimate of drug-likeness (QED) is 0.786. The van der Waals surface area contributed by atoms with Gasteiger partial charge in [-0.25, -0.2) is 0 Å². The van der Waals surface area contributed by atoms with E-state index in [9.17, 15) is 0 Å². The molecule has 0 bridgehead atoms. The van der Waals surface area contributed by atoms with Gasteiger partial charge in [0, 0.05) is 20.7 Å². The largest absolute Gasteiger partial charge is 0.395 e. The summed E-state index contributed by atoms with van der Waals surface area (Å²) in [6, 6.07) is 6.67. The maximum atomic E-state index is 9.15. The lowest BCUT2D eigenvalue weighted by Crippen LogP contribution is -2.18. The summed E-state index contributed by atoms with van der Waals surface area (Å²) in [7, 11) is 0. The Morgan fingerprint density at radius 2 is 2.12 bits per heavy atom. The highest BCUT2D eigenvalue weighted by Gasteiger charge is 2.13. The van der Waals surface area contributed by atoms with Gasteiger partial charge in [-0.1, -0.05) is 35.8 Å². The van der Waals surface area contributed by atoms with Gasteiger partial charge in [-0.3, -0.25) is 0 Å². The van der Waals surface area contributed by atoms with Crippen molar-refractivity contribution in [3.8, 4) is 0 Å². The molecule has 4 heteroatoms. The number of thioether (sulfide) groups is 1. The van der Waals surface area contributed by atoms with Crippen molar-refractivity contribution in [2.45, 2.75) is 37.0 Å². The van der Waals surface area contributed by atoms with Crippen molar-refractivity contribution < 1.29 is 5.11 Å². The lowest BCUT2D eigenvalue weighted by atomic mass is 10.1. The van der Waals surface area contributed by atoms with Gasteiger partial charge in [0.25, 0.3) is 0 Å². The zero-order valence-corrected chi connectivity index (χ0v) is 12.9. The first kappa shape index (κ1) is 15.0. The van der Waals surface area contributed by atoms with E-state index in [2.05, 4.69) is 53.3 Å². The van der Waals surface area contributed by atoms with Gasteiger partial charge in [0.15, 0.2) is 0 Å². The minimum Gasteiger partial charge on any atom is -0.395 e. The standard InChI is InChI=1S/C13H20BrNOS/c1-4-15-10(3)12-6-5-11(14)7-13(12)17-9(2)8-16/h5-7,9-10,15-16H,4,8H2,1-3H3. The fraction of sp³-hybridized carbons (Fsp3) is 0.538. The van der Waals surface area contributed by atoms with Crippen molar-refractivity contribution in [2.75, 3.05) is 13.2 Å². The molecule has 0 amide bonds. The molecule has 0 saturated heterocycles. The smallest absolute Gasteiger partial charge is 0.0550 e. The van der Waals surface area contributed by atoms with Crippen LogP contribution >= 0.6 is 27.7 Å². The second-order valence-electron chi connectivity index (χ2n) is 4.07. The zero-order chi connectivity index (χ0) is 12.8. The van der Waals surface area contributed by atoms with Crippen LogP contribution in [0.5, 0.6) is 0 Å². The van der Waals surface area contributed by atoms with Crippen LogP contribution in [0.3, 0.4) is 0 Å². The molecule has 2 N–H and O–H groups in total. The molecular weight excluding hydrogens is 298 g/mol. The summed E-state index contributed by atoms with van der Waals surface area (Å²) < 4.78 is 1.08. The van der Waals surface area contributed by atoms with Gasteiger partial charge in [-0.15, -0.1) is 11.8 Å². The Morgan fingerprint density at radius 1 is 1.41 bits per heavy atom. The van der Waals surface area contributed by atoms with Gasteiger partial charge in [0.05, 0.1) is 6.61 Å². The first-order valence-electron chi connectivity index (χ1n) is 5.88. The first-order chi connectivity index (χ1) is 8.08. The van der Waals surface area contributed by atoms with Gasteiger partial charge < -0.3 is 10.4 Å². The van der Waals surface area contributed by atoms with Gasteiger partial charge in [0.2, 0.25) is 0 Å². The van der Waals surface area contributed by atoms with Crippen LogP contribution in [0.25, 0.3) is 0 Å². The predicted molar refractivity (Wildman–Crippen MR) is 78.6 cm³/mol. The van der Waals surface area contributed by atoms with Crippen LogP contribution < -0.4 is 5.32 Å². The number of nitrogens with one attached hydrogen (secondary N) is 1. The third kappa shape index (κ3) is 4.62. The van der Waals surface area contributed by atoms with Crippen LogP contribution in [0, 0.1) is 0 Å². The Labute approximate surface area is 116 Å². The Hall–Kier alpha value is -0.0300. The maximum Gasteiger partial charge on any atom is 0.0550 e. The summed E-state index contributed by atoms with van der Waals surface area (Å²) in [6.07, 6.45) is 0. The summed E-state index contributed by atoms with van der Waals surface area (Å²) in [5.41, 5.74) is 1.29. The number of aliphatic hydroxyl groups is 1. The average Bonchev–Trinajstić information content (AvgIpc) is 2.29. The van der Waals surface area contributed by atoms with E-state index in [0.717, 1.165) is 11.0 Å². The molecule has 0 aliphatic rings. The number of aliphatic hydroxyl groups excluding tert-OH is 1. The van der Waals surface area contributed by atoms with E-state index in [-0.39, 0.29) is 11.9 Å². The van der Waals surface area contributed by atoms with E-state index in [1.165, 1.54) is 10.5 Å². The van der Waals surface area contributed by atoms with E-state index >= 15 is 0 Å². The normalized spacial score (nSPS) is 14.6. The number of rotatable bonds is 6. The molecule has 0 aliphatic heterocycles. The highest BCUT2D eigenvalue weighted by Crippen LogP contribution is 2.32. The molecule has 0 spiro atoms. The molecule has 0 aliphatic carbocycles. The van der Waals surface area contributed by atoms with Crippen LogP contribution in [0.4, 0.5) is 0 Å².